The van der Waals surface area contributed by atoms with Crippen LogP contribution in [-0.2, 0) is 14.8 Å². The lowest BCUT2D eigenvalue weighted by molar-refractivity contribution is 0.117. The number of nitriles is 1. The Labute approximate surface area is 130 Å². The summed E-state index contributed by atoms with van der Waals surface area (Å²) >= 11 is 5.95. The largest absolute Gasteiger partial charge is 0.380 e. The zero-order valence-electron chi connectivity index (χ0n) is 11.8. The van der Waals surface area contributed by atoms with Crippen molar-refractivity contribution in [2.75, 3.05) is 26.8 Å². The summed E-state index contributed by atoms with van der Waals surface area (Å²) in [7, 11) is -2.24. The third kappa shape index (κ3) is 4.17. The fraction of sp³-hybridized carbons (Fsp3) is 0.500. The quantitative estimate of drug-likeness (QED) is 0.720. The maximum atomic E-state index is 12.4. The van der Waals surface area contributed by atoms with Crippen molar-refractivity contribution in [1.29, 1.82) is 5.26 Å². The van der Waals surface area contributed by atoms with Crippen LogP contribution >= 0.6 is 11.6 Å². The molecule has 1 aliphatic rings. The van der Waals surface area contributed by atoms with Gasteiger partial charge in [0.1, 0.15) is 4.90 Å². The van der Waals surface area contributed by atoms with E-state index in [1.807, 2.05) is 6.07 Å². The van der Waals surface area contributed by atoms with Crippen molar-refractivity contribution in [1.82, 2.24) is 4.31 Å². The van der Waals surface area contributed by atoms with Gasteiger partial charge < -0.3 is 4.74 Å². The molecule has 0 atom stereocenters. The molecular weight excluding hydrogens is 312 g/mol. The lowest BCUT2D eigenvalue weighted by Crippen LogP contribution is -2.30. The fourth-order valence-electron chi connectivity index (χ4n) is 1.79. The highest BCUT2D eigenvalue weighted by molar-refractivity contribution is 7.89. The first kappa shape index (κ1) is 16.2. The molecule has 0 radical (unpaired) electrons. The van der Waals surface area contributed by atoms with Crippen LogP contribution in [0.1, 0.15) is 18.4 Å². The van der Waals surface area contributed by atoms with Gasteiger partial charge in [0.15, 0.2) is 0 Å². The van der Waals surface area contributed by atoms with Gasteiger partial charge in [-0.25, -0.2) is 8.42 Å². The van der Waals surface area contributed by atoms with Crippen molar-refractivity contribution in [2.45, 2.75) is 17.7 Å². The van der Waals surface area contributed by atoms with Gasteiger partial charge in [-0.05, 0) is 37.0 Å². The van der Waals surface area contributed by atoms with E-state index in [0.717, 1.165) is 0 Å². The van der Waals surface area contributed by atoms with Crippen molar-refractivity contribution >= 4 is 21.6 Å². The van der Waals surface area contributed by atoms with Gasteiger partial charge in [-0.2, -0.15) is 9.57 Å². The average Bonchev–Trinajstić information content (AvgIpc) is 3.27. The van der Waals surface area contributed by atoms with Crippen LogP contribution in [0.3, 0.4) is 0 Å². The van der Waals surface area contributed by atoms with Gasteiger partial charge in [-0.15, -0.1) is 0 Å². The Hall–Kier alpha value is -1.13. The van der Waals surface area contributed by atoms with Crippen LogP contribution in [0.5, 0.6) is 0 Å². The number of ether oxygens (including phenoxy) is 1. The highest BCUT2D eigenvalue weighted by atomic mass is 35.5. The summed E-state index contributed by atoms with van der Waals surface area (Å²) in [5.41, 5.74) is 0.261. The zero-order valence-corrected chi connectivity index (χ0v) is 13.3. The molecule has 0 heterocycles. The van der Waals surface area contributed by atoms with E-state index in [-0.39, 0.29) is 22.0 Å². The molecule has 0 N–H and O–H groups in total. The smallest absolute Gasteiger partial charge is 0.244 e. The van der Waals surface area contributed by atoms with Crippen molar-refractivity contribution in [3.05, 3.63) is 28.8 Å². The summed E-state index contributed by atoms with van der Waals surface area (Å²) in [6, 6.07) is 6.11. The maximum absolute atomic E-state index is 12.4. The summed E-state index contributed by atoms with van der Waals surface area (Å²) in [6.07, 6.45) is 2.40. The molecule has 7 heteroatoms. The summed E-state index contributed by atoms with van der Waals surface area (Å²) in [4.78, 5) is -0.0482. The monoisotopic (exact) mass is 328 g/mol. The number of likely N-dealkylation sites (N-methyl/N-ethyl adjacent to an activating group) is 1. The molecular formula is C14H17ClN2O3S. The van der Waals surface area contributed by atoms with E-state index in [9.17, 15) is 8.42 Å². The number of rotatable bonds is 7. The van der Waals surface area contributed by atoms with Crippen LogP contribution in [0, 0.1) is 17.2 Å². The van der Waals surface area contributed by atoms with Gasteiger partial charge >= 0.3 is 0 Å². The third-order valence-corrected chi connectivity index (χ3v) is 5.69. The van der Waals surface area contributed by atoms with Gasteiger partial charge in [0.05, 0.1) is 23.3 Å². The molecule has 5 nitrogen and oxygen atoms in total. The fourth-order valence-corrected chi connectivity index (χ4v) is 3.44. The predicted octanol–water partition coefficient (Wildman–Crippen LogP) is 2.26. The number of nitrogens with zero attached hydrogens (tertiary/aromatic N) is 2. The van der Waals surface area contributed by atoms with Gasteiger partial charge in [-0.1, -0.05) is 11.6 Å². The van der Waals surface area contributed by atoms with E-state index in [2.05, 4.69) is 0 Å². The number of benzene rings is 1. The second-order valence-corrected chi connectivity index (χ2v) is 7.52. The molecule has 21 heavy (non-hydrogen) atoms. The predicted molar refractivity (Wildman–Crippen MR) is 79.5 cm³/mol. The van der Waals surface area contributed by atoms with Crippen molar-refractivity contribution in [2.24, 2.45) is 5.92 Å². The molecule has 1 aromatic carbocycles. The van der Waals surface area contributed by atoms with Gasteiger partial charge in [0.2, 0.25) is 10.0 Å². The third-order valence-electron chi connectivity index (χ3n) is 3.35. The van der Waals surface area contributed by atoms with Crippen LogP contribution < -0.4 is 0 Å². The number of hydrogen-bond donors (Lipinski definition) is 0. The lowest BCUT2D eigenvalue weighted by Gasteiger charge is -2.18. The molecule has 1 fully saturated rings. The summed E-state index contributed by atoms with van der Waals surface area (Å²) in [6.45, 7) is 1.29. The first-order chi connectivity index (χ1) is 9.95. The molecule has 0 aliphatic heterocycles. The van der Waals surface area contributed by atoms with Crippen LogP contribution in [0.4, 0.5) is 0 Å². The standard InChI is InChI=1S/C14H17ClN2O3S/c1-17(6-7-20-10-11-2-3-11)21(18,19)14-8-12(9-16)4-5-13(14)15/h4-5,8,11H,2-3,6-7,10H2,1H3. The van der Waals surface area contributed by atoms with Crippen LogP contribution in [0.2, 0.25) is 5.02 Å². The Morgan fingerprint density at radius 3 is 2.81 bits per heavy atom. The first-order valence-corrected chi connectivity index (χ1v) is 8.50. The van der Waals surface area contributed by atoms with E-state index in [4.69, 9.17) is 21.6 Å². The summed E-state index contributed by atoms with van der Waals surface area (Å²) in [5.74, 6) is 0.647. The molecule has 1 saturated carbocycles. The summed E-state index contributed by atoms with van der Waals surface area (Å²) < 4.78 is 31.5. The Morgan fingerprint density at radius 2 is 2.19 bits per heavy atom. The van der Waals surface area contributed by atoms with Crippen LogP contribution in [0.15, 0.2) is 23.1 Å². The molecule has 0 spiro atoms. The normalized spacial score (nSPS) is 15.1. The molecule has 0 saturated heterocycles. The minimum Gasteiger partial charge on any atom is -0.380 e. The van der Waals surface area contributed by atoms with Crippen molar-refractivity contribution in [3.63, 3.8) is 0 Å². The molecule has 0 aromatic heterocycles. The maximum Gasteiger partial charge on any atom is 0.244 e. The van der Waals surface area contributed by atoms with Gasteiger partial charge in [0.25, 0.3) is 0 Å². The molecule has 0 amide bonds. The van der Waals surface area contributed by atoms with E-state index >= 15 is 0 Å². The average molecular weight is 329 g/mol. The minimum absolute atomic E-state index is 0.0482. The minimum atomic E-state index is -3.72. The molecule has 114 valence electrons. The number of hydrogen-bond acceptors (Lipinski definition) is 4. The second-order valence-electron chi connectivity index (χ2n) is 5.10. The van der Waals surface area contributed by atoms with Crippen molar-refractivity contribution < 1.29 is 13.2 Å². The van der Waals surface area contributed by atoms with Crippen LogP contribution in [-0.4, -0.2) is 39.5 Å². The van der Waals surface area contributed by atoms with Crippen LogP contribution in [0.25, 0.3) is 0 Å². The Kier molecular flexibility index (Phi) is 5.22. The van der Waals surface area contributed by atoms with E-state index < -0.39 is 10.0 Å². The number of halogens is 1. The second kappa shape index (κ2) is 6.75. The van der Waals surface area contributed by atoms with E-state index in [1.165, 1.54) is 42.4 Å². The van der Waals surface area contributed by atoms with E-state index in [0.29, 0.717) is 19.1 Å². The Bertz CT molecular complexity index is 651. The van der Waals surface area contributed by atoms with Gasteiger partial charge in [-0.3, -0.25) is 0 Å². The zero-order chi connectivity index (χ0) is 15.5. The Morgan fingerprint density at radius 1 is 1.48 bits per heavy atom. The Balaban J connectivity index is 2.03. The highest BCUT2D eigenvalue weighted by Crippen LogP contribution is 2.29. The highest BCUT2D eigenvalue weighted by Gasteiger charge is 2.25. The SMILES string of the molecule is CN(CCOCC1CC1)S(=O)(=O)c1cc(C#N)ccc1Cl. The van der Waals surface area contributed by atoms with Crippen molar-refractivity contribution in [3.8, 4) is 6.07 Å². The topological polar surface area (TPSA) is 70.4 Å². The van der Waals surface area contributed by atoms with E-state index in [1.54, 1.807) is 0 Å². The molecule has 0 unspecified atom stereocenters. The summed E-state index contributed by atoms with van der Waals surface area (Å²) in [5, 5.41) is 8.98. The van der Waals surface area contributed by atoms with Gasteiger partial charge in [0, 0.05) is 20.2 Å². The molecule has 2 rings (SSSR count). The first-order valence-electron chi connectivity index (χ1n) is 6.69. The molecule has 1 aromatic rings. The molecule has 0 bridgehead atoms. The number of sulfonamides is 1. The molecule has 1 aliphatic carbocycles. The lowest BCUT2D eigenvalue weighted by atomic mass is 10.2.